The minimum absolute atomic E-state index is 0.451. The summed E-state index contributed by atoms with van der Waals surface area (Å²) in [6.45, 7) is 0. The van der Waals surface area contributed by atoms with Crippen molar-refractivity contribution in [3.05, 3.63) is 35.4 Å². The summed E-state index contributed by atoms with van der Waals surface area (Å²) in [5.41, 5.74) is 8.85. The van der Waals surface area contributed by atoms with Crippen molar-refractivity contribution in [3.63, 3.8) is 0 Å². The van der Waals surface area contributed by atoms with Crippen LogP contribution in [0, 0.1) is 0 Å². The second-order valence-electron chi connectivity index (χ2n) is 5.10. The molecule has 3 N–H and O–H groups in total. The molecule has 2 aliphatic carbocycles. The fourth-order valence-corrected chi connectivity index (χ4v) is 2.47. The zero-order valence-corrected chi connectivity index (χ0v) is 10.0. The average molecular weight is 229 g/mol. The average Bonchev–Trinajstić information content (AvgIpc) is 3.12. The van der Waals surface area contributed by atoms with Gasteiger partial charge in [0.2, 0.25) is 0 Å². The van der Waals surface area contributed by atoms with E-state index in [-0.39, 0.29) is 0 Å². The number of benzene rings is 1. The number of rotatable bonds is 2. The number of aliphatic imine (C=N–C) groups is 1. The summed E-state index contributed by atoms with van der Waals surface area (Å²) in [7, 11) is 0. The topological polar surface area (TPSA) is 50.4 Å². The maximum atomic E-state index is 5.90. The molecule has 1 aromatic rings. The van der Waals surface area contributed by atoms with E-state index < -0.39 is 0 Å². The molecule has 1 atom stereocenters. The van der Waals surface area contributed by atoms with Gasteiger partial charge in [0, 0.05) is 6.04 Å². The third kappa shape index (κ3) is 2.60. The molecule has 0 amide bonds. The second kappa shape index (κ2) is 4.40. The smallest absolute Gasteiger partial charge is 0.189 e. The third-order valence-electron chi connectivity index (χ3n) is 3.57. The van der Waals surface area contributed by atoms with Crippen LogP contribution in [0.15, 0.2) is 29.3 Å². The quantitative estimate of drug-likeness (QED) is 0.598. The number of guanidine groups is 1. The highest BCUT2D eigenvalue weighted by atomic mass is 15.1. The van der Waals surface area contributed by atoms with Crippen LogP contribution >= 0.6 is 0 Å². The van der Waals surface area contributed by atoms with Gasteiger partial charge in [-0.05, 0) is 43.2 Å². The highest BCUT2D eigenvalue weighted by Crippen LogP contribution is 2.24. The molecule has 0 bridgehead atoms. The van der Waals surface area contributed by atoms with Gasteiger partial charge in [-0.1, -0.05) is 24.3 Å². The van der Waals surface area contributed by atoms with Crippen LogP contribution in [0.4, 0.5) is 0 Å². The van der Waals surface area contributed by atoms with E-state index in [4.69, 9.17) is 5.73 Å². The number of nitrogens with one attached hydrogen (secondary N) is 1. The Hall–Kier alpha value is -1.51. The van der Waals surface area contributed by atoms with Gasteiger partial charge in [-0.15, -0.1) is 0 Å². The van der Waals surface area contributed by atoms with Crippen molar-refractivity contribution in [1.29, 1.82) is 0 Å². The van der Waals surface area contributed by atoms with Crippen LogP contribution in [0.5, 0.6) is 0 Å². The lowest BCUT2D eigenvalue weighted by molar-refractivity contribution is 0.526. The van der Waals surface area contributed by atoms with E-state index in [2.05, 4.69) is 34.6 Å². The maximum absolute atomic E-state index is 5.90. The summed E-state index contributed by atoms with van der Waals surface area (Å²) in [6, 6.07) is 9.63. The van der Waals surface area contributed by atoms with E-state index in [0.29, 0.717) is 18.0 Å². The molecular formula is C14H19N3. The molecule has 1 fully saturated rings. The normalized spacial score (nSPS) is 24.2. The Bertz CT molecular complexity index is 435. The van der Waals surface area contributed by atoms with Crippen LogP contribution in [-0.4, -0.2) is 18.0 Å². The molecule has 0 spiro atoms. The Morgan fingerprint density at radius 1 is 1.18 bits per heavy atom. The lowest BCUT2D eigenvalue weighted by Gasteiger charge is -2.25. The van der Waals surface area contributed by atoms with E-state index in [1.165, 1.54) is 24.0 Å². The minimum Gasteiger partial charge on any atom is -0.370 e. The van der Waals surface area contributed by atoms with Gasteiger partial charge >= 0.3 is 0 Å². The number of nitrogens with zero attached hydrogens (tertiary/aromatic N) is 1. The lowest BCUT2D eigenvalue weighted by atomic mass is 9.88. The predicted molar refractivity (Wildman–Crippen MR) is 70.0 cm³/mol. The molecule has 90 valence electrons. The number of hydrogen-bond donors (Lipinski definition) is 2. The first kappa shape index (κ1) is 10.6. The van der Waals surface area contributed by atoms with Crippen molar-refractivity contribution in [2.75, 3.05) is 0 Å². The largest absolute Gasteiger partial charge is 0.370 e. The van der Waals surface area contributed by atoms with Crippen molar-refractivity contribution < 1.29 is 0 Å². The summed E-state index contributed by atoms with van der Waals surface area (Å²) in [5.74, 6) is 0.636. The molecular weight excluding hydrogens is 210 g/mol. The Morgan fingerprint density at radius 2 is 1.94 bits per heavy atom. The fourth-order valence-electron chi connectivity index (χ4n) is 2.47. The van der Waals surface area contributed by atoms with Gasteiger partial charge in [0.15, 0.2) is 5.96 Å². The lowest BCUT2D eigenvalue weighted by Crippen LogP contribution is -2.43. The van der Waals surface area contributed by atoms with Gasteiger partial charge in [0.05, 0.1) is 6.04 Å². The molecule has 1 unspecified atom stereocenters. The standard InChI is InChI=1S/C14H19N3/c15-14(16-12-7-8-12)17-13-6-5-10-3-1-2-4-11(10)9-13/h1-4,12-13H,5-9H2,(H3,15,16,17). The first-order valence-corrected chi connectivity index (χ1v) is 6.48. The van der Waals surface area contributed by atoms with Gasteiger partial charge in [-0.3, -0.25) is 4.99 Å². The van der Waals surface area contributed by atoms with Gasteiger partial charge in [0.1, 0.15) is 0 Å². The first-order chi connectivity index (χ1) is 8.31. The number of fused-ring (bicyclic) bond motifs is 1. The van der Waals surface area contributed by atoms with Gasteiger partial charge in [-0.2, -0.15) is 0 Å². The first-order valence-electron chi connectivity index (χ1n) is 6.48. The number of nitrogens with two attached hydrogens (primary N) is 1. The fraction of sp³-hybridized carbons (Fsp3) is 0.500. The Balaban J connectivity index is 1.63. The Morgan fingerprint density at radius 3 is 2.71 bits per heavy atom. The second-order valence-corrected chi connectivity index (χ2v) is 5.10. The zero-order valence-electron chi connectivity index (χ0n) is 10.0. The van der Waals surface area contributed by atoms with Crippen LogP contribution in [0.25, 0.3) is 0 Å². The minimum atomic E-state index is 0.451. The monoisotopic (exact) mass is 229 g/mol. The van der Waals surface area contributed by atoms with Crippen molar-refractivity contribution >= 4 is 5.96 Å². The Labute approximate surface area is 102 Å². The number of hydrogen-bond acceptors (Lipinski definition) is 1. The summed E-state index contributed by atoms with van der Waals surface area (Å²) >= 11 is 0. The van der Waals surface area contributed by atoms with E-state index in [1.54, 1.807) is 0 Å². The predicted octanol–water partition coefficient (Wildman–Crippen LogP) is 1.61. The molecule has 1 aromatic carbocycles. The van der Waals surface area contributed by atoms with Crippen molar-refractivity contribution in [1.82, 2.24) is 5.32 Å². The summed E-state index contributed by atoms with van der Waals surface area (Å²) in [5, 5.41) is 3.36. The van der Waals surface area contributed by atoms with Crippen molar-refractivity contribution in [2.24, 2.45) is 10.7 Å². The van der Waals surface area contributed by atoms with Crippen LogP contribution in [0.3, 0.4) is 0 Å². The van der Waals surface area contributed by atoms with Crippen molar-refractivity contribution in [2.45, 2.75) is 44.2 Å². The molecule has 1 saturated carbocycles. The molecule has 3 heteroatoms. The molecule has 3 rings (SSSR count). The van der Waals surface area contributed by atoms with Crippen LogP contribution in [-0.2, 0) is 12.8 Å². The number of aryl methyl sites for hydroxylation is 1. The van der Waals surface area contributed by atoms with Crippen molar-refractivity contribution in [3.8, 4) is 0 Å². The summed E-state index contributed by atoms with van der Waals surface area (Å²) < 4.78 is 0. The summed E-state index contributed by atoms with van der Waals surface area (Å²) in [4.78, 5) is 4.42. The third-order valence-corrected chi connectivity index (χ3v) is 3.57. The highest BCUT2D eigenvalue weighted by Gasteiger charge is 2.22. The van der Waals surface area contributed by atoms with Gasteiger partial charge in [-0.25, -0.2) is 0 Å². The maximum Gasteiger partial charge on any atom is 0.189 e. The molecule has 0 aromatic heterocycles. The molecule has 0 heterocycles. The molecule has 3 nitrogen and oxygen atoms in total. The van der Waals surface area contributed by atoms with E-state index in [1.807, 2.05) is 0 Å². The van der Waals surface area contributed by atoms with E-state index >= 15 is 0 Å². The van der Waals surface area contributed by atoms with Crippen LogP contribution in [0.2, 0.25) is 0 Å². The highest BCUT2D eigenvalue weighted by molar-refractivity contribution is 5.78. The van der Waals surface area contributed by atoms with Gasteiger partial charge in [0.25, 0.3) is 0 Å². The zero-order chi connectivity index (χ0) is 11.7. The molecule has 17 heavy (non-hydrogen) atoms. The van der Waals surface area contributed by atoms with Gasteiger partial charge < -0.3 is 11.1 Å². The molecule has 0 aliphatic heterocycles. The van der Waals surface area contributed by atoms with Crippen LogP contribution in [0.1, 0.15) is 30.4 Å². The molecule has 0 radical (unpaired) electrons. The molecule has 2 aliphatic rings. The van der Waals surface area contributed by atoms with E-state index in [9.17, 15) is 0 Å². The SMILES string of the molecule is NC(=NC1CC1)NC1CCc2ccccc2C1. The van der Waals surface area contributed by atoms with E-state index in [0.717, 1.165) is 19.3 Å². The summed E-state index contributed by atoms with van der Waals surface area (Å²) in [6.07, 6.45) is 5.77. The van der Waals surface area contributed by atoms with Crippen LogP contribution < -0.4 is 11.1 Å². The Kier molecular flexibility index (Phi) is 2.75. The molecule has 0 saturated heterocycles.